The maximum absolute atomic E-state index is 15.8. The lowest BCUT2D eigenvalue weighted by Crippen LogP contribution is -2.33. The Kier molecular flexibility index (Phi) is 9.44. The molecule has 1 aromatic heterocycles. The highest BCUT2D eigenvalue weighted by Crippen LogP contribution is 2.48. The van der Waals surface area contributed by atoms with Crippen LogP contribution in [0.2, 0.25) is 4.34 Å². The van der Waals surface area contributed by atoms with Crippen LogP contribution in [0.15, 0.2) is 41.3 Å². The topological polar surface area (TPSA) is 95.8 Å². The first kappa shape index (κ1) is 32.4. The van der Waals surface area contributed by atoms with E-state index in [-0.39, 0.29) is 22.9 Å². The van der Waals surface area contributed by atoms with Gasteiger partial charge in [0.1, 0.15) is 0 Å². The molecule has 0 aliphatic carbocycles. The lowest BCUT2D eigenvalue weighted by atomic mass is 9.73. The van der Waals surface area contributed by atoms with Crippen molar-refractivity contribution in [2.75, 3.05) is 23.8 Å². The van der Waals surface area contributed by atoms with Crippen molar-refractivity contribution in [3.8, 4) is 0 Å². The first-order chi connectivity index (χ1) is 19.5. The molecule has 228 valence electrons. The van der Waals surface area contributed by atoms with Crippen LogP contribution in [0.25, 0.3) is 0 Å². The van der Waals surface area contributed by atoms with E-state index in [9.17, 15) is 23.1 Å². The molecular formula is C29H33ClF4N4O2S2. The Hall–Kier alpha value is -2.51. The number of fused-ring (bicyclic) bond motifs is 1. The van der Waals surface area contributed by atoms with E-state index in [4.69, 9.17) is 23.2 Å². The summed E-state index contributed by atoms with van der Waals surface area (Å²) in [6.07, 6.45) is -3.82. The van der Waals surface area contributed by atoms with Crippen LogP contribution in [0.3, 0.4) is 0 Å². The molecule has 2 atom stereocenters. The fourth-order valence-electron chi connectivity index (χ4n) is 5.18. The van der Waals surface area contributed by atoms with Crippen LogP contribution in [0.5, 0.6) is 0 Å². The highest BCUT2D eigenvalue weighted by atomic mass is 35.5. The van der Waals surface area contributed by atoms with Gasteiger partial charge in [0, 0.05) is 35.3 Å². The third-order valence-corrected chi connectivity index (χ3v) is 10.2. The molecule has 3 aromatic rings. The third-order valence-electron chi connectivity index (χ3n) is 7.53. The Labute approximate surface area is 255 Å². The molecule has 0 fully saturated rings. The van der Waals surface area contributed by atoms with Gasteiger partial charge in [0.25, 0.3) is 0 Å². The van der Waals surface area contributed by atoms with Crippen molar-refractivity contribution in [2.45, 2.75) is 57.7 Å². The summed E-state index contributed by atoms with van der Waals surface area (Å²) in [6, 6.07) is 8.65. The first-order valence-corrected chi connectivity index (χ1v) is 15.3. The van der Waals surface area contributed by atoms with E-state index in [0.717, 1.165) is 23.0 Å². The van der Waals surface area contributed by atoms with E-state index in [0.29, 0.717) is 45.7 Å². The summed E-state index contributed by atoms with van der Waals surface area (Å²) < 4.78 is 58.4. The Balaban J connectivity index is 1.72. The average Bonchev–Trinajstić information content (AvgIpc) is 3.15. The number of nitrogen functional groups attached to an aromatic ring is 1. The Bertz CT molecular complexity index is 1480. The van der Waals surface area contributed by atoms with Crippen LogP contribution in [0.4, 0.5) is 28.9 Å². The number of nitrogens with zero attached hydrogens (tertiary/aromatic N) is 2. The van der Waals surface area contributed by atoms with Gasteiger partial charge in [-0.05, 0) is 86.0 Å². The van der Waals surface area contributed by atoms with Crippen molar-refractivity contribution in [1.82, 2.24) is 4.31 Å². The lowest BCUT2D eigenvalue weighted by molar-refractivity contribution is -0.147. The van der Waals surface area contributed by atoms with Crippen molar-refractivity contribution in [3.63, 3.8) is 0 Å². The van der Waals surface area contributed by atoms with Gasteiger partial charge in [-0.15, -0.1) is 11.3 Å². The first-order valence-electron chi connectivity index (χ1n) is 13.3. The summed E-state index contributed by atoms with van der Waals surface area (Å²) in [5, 5.41) is 11.4. The van der Waals surface area contributed by atoms with Gasteiger partial charge >= 0.3 is 12.1 Å². The summed E-state index contributed by atoms with van der Waals surface area (Å²) in [7, 11) is 0. The molecule has 5 N–H and O–H groups in total. The van der Waals surface area contributed by atoms with Crippen molar-refractivity contribution < 1.29 is 27.5 Å². The Morgan fingerprint density at radius 2 is 1.93 bits per heavy atom. The minimum atomic E-state index is -4.45. The standard InChI is InChI=1S/C29H33ClF4N4O2S2/c1-5-38(36)20-9-8-19(24(31)25(20)35)23(28(3,4)27(39)40)22-11-17(26(30)41-22)14-37-13-15(2)10-16-6-7-18(29(32,33)34)12-21(16)42-37/h6-9,11-12,15,23H,5,10,13-14,35-36H2,1-4H3,(H,39,40)/t15-,23-/m0/s1. The fourth-order valence-corrected chi connectivity index (χ4v) is 8.02. The van der Waals surface area contributed by atoms with Gasteiger partial charge in [0.05, 0.1) is 26.7 Å². The molecule has 0 spiro atoms. The molecule has 1 aliphatic rings. The number of thiophene rings is 1. The second-order valence-corrected chi connectivity index (χ2v) is 14.0. The quantitative estimate of drug-likeness (QED) is 0.0758. The maximum Gasteiger partial charge on any atom is 0.416 e. The molecule has 0 saturated heterocycles. The number of rotatable bonds is 8. The SMILES string of the molecule is CCN(N)c1ccc([C@@H](c2cc(CN3C[C@@H](C)Cc4ccc(C(F)(F)F)cc4S3)c(Cl)s2)C(C)(C)C(=O)O)c(F)c1N. The molecule has 0 radical (unpaired) electrons. The van der Waals surface area contributed by atoms with E-state index in [1.807, 2.05) is 11.2 Å². The van der Waals surface area contributed by atoms with Crippen molar-refractivity contribution >= 4 is 52.2 Å². The van der Waals surface area contributed by atoms with Gasteiger partial charge in [0.15, 0.2) is 5.82 Å². The molecule has 4 rings (SSSR count). The van der Waals surface area contributed by atoms with Gasteiger partial charge in [-0.1, -0.05) is 30.7 Å². The van der Waals surface area contributed by atoms with Crippen molar-refractivity contribution in [3.05, 3.63) is 73.7 Å². The Morgan fingerprint density at radius 3 is 2.55 bits per heavy atom. The number of nitrogens with two attached hydrogens (primary N) is 2. The number of hydrazine groups is 1. The Morgan fingerprint density at radius 1 is 1.24 bits per heavy atom. The molecular weight excluding hydrogens is 612 g/mol. The summed E-state index contributed by atoms with van der Waals surface area (Å²) in [4.78, 5) is 13.5. The zero-order valence-corrected chi connectivity index (χ0v) is 25.9. The van der Waals surface area contributed by atoms with E-state index in [1.54, 1.807) is 19.1 Å². The summed E-state index contributed by atoms with van der Waals surface area (Å²) in [5.74, 6) is 3.27. The number of benzene rings is 2. The summed E-state index contributed by atoms with van der Waals surface area (Å²) in [5.41, 5.74) is 5.67. The van der Waals surface area contributed by atoms with Crippen LogP contribution in [-0.4, -0.2) is 28.5 Å². The number of hydrogen-bond acceptors (Lipinski definition) is 7. The second-order valence-electron chi connectivity index (χ2n) is 11.1. The smallest absolute Gasteiger partial charge is 0.416 e. The van der Waals surface area contributed by atoms with E-state index in [1.165, 1.54) is 49.0 Å². The van der Waals surface area contributed by atoms with Gasteiger partial charge in [-0.2, -0.15) is 13.2 Å². The highest BCUT2D eigenvalue weighted by Gasteiger charge is 2.42. The van der Waals surface area contributed by atoms with Crippen LogP contribution < -0.4 is 16.6 Å². The van der Waals surface area contributed by atoms with Gasteiger partial charge in [-0.3, -0.25) is 4.79 Å². The molecule has 42 heavy (non-hydrogen) atoms. The molecule has 13 heteroatoms. The minimum Gasteiger partial charge on any atom is -0.481 e. The minimum absolute atomic E-state index is 0.101. The number of carboxylic acids is 1. The highest BCUT2D eigenvalue weighted by molar-refractivity contribution is 7.97. The van der Waals surface area contributed by atoms with E-state index < -0.39 is 34.9 Å². The van der Waals surface area contributed by atoms with Crippen LogP contribution >= 0.6 is 34.9 Å². The van der Waals surface area contributed by atoms with Crippen LogP contribution in [0, 0.1) is 17.2 Å². The molecule has 0 bridgehead atoms. The molecule has 1 aliphatic heterocycles. The monoisotopic (exact) mass is 644 g/mol. The molecule has 0 saturated carbocycles. The summed E-state index contributed by atoms with van der Waals surface area (Å²) >= 11 is 9.08. The van der Waals surface area contributed by atoms with E-state index >= 15 is 4.39 Å². The molecule has 2 heterocycles. The van der Waals surface area contributed by atoms with E-state index in [2.05, 4.69) is 0 Å². The van der Waals surface area contributed by atoms with Gasteiger partial charge in [0.2, 0.25) is 0 Å². The number of carbonyl (C=O) groups is 1. The number of anilines is 2. The molecule has 0 unspecified atom stereocenters. The number of carboxylic acid groups (broad SMARTS) is 1. The number of hydrogen-bond donors (Lipinski definition) is 3. The molecule has 2 aromatic carbocycles. The van der Waals surface area contributed by atoms with Crippen molar-refractivity contribution in [2.24, 2.45) is 17.2 Å². The predicted octanol–water partition coefficient (Wildman–Crippen LogP) is 7.79. The molecule has 0 amide bonds. The zero-order chi connectivity index (χ0) is 31.1. The normalized spacial score (nSPS) is 17.0. The third kappa shape index (κ3) is 6.52. The van der Waals surface area contributed by atoms with Crippen LogP contribution in [-0.2, 0) is 23.9 Å². The number of halogens is 5. The fraction of sp³-hybridized carbons (Fsp3) is 0.414. The van der Waals surface area contributed by atoms with Crippen molar-refractivity contribution in [1.29, 1.82) is 0 Å². The average molecular weight is 645 g/mol. The predicted molar refractivity (Wildman–Crippen MR) is 161 cm³/mol. The maximum atomic E-state index is 15.8. The largest absolute Gasteiger partial charge is 0.481 e. The summed E-state index contributed by atoms with van der Waals surface area (Å²) in [6.45, 7) is 8.11. The van der Waals surface area contributed by atoms with Gasteiger partial charge in [-0.25, -0.2) is 14.5 Å². The number of aliphatic carboxylic acids is 1. The second kappa shape index (κ2) is 12.2. The lowest BCUT2D eigenvalue weighted by Gasteiger charge is -2.31. The van der Waals surface area contributed by atoms with Crippen LogP contribution in [0.1, 0.15) is 60.7 Å². The number of alkyl halides is 3. The zero-order valence-electron chi connectivity index (χ0n) is 23.6. The molecule has 6 nitrogen and oxygen atoms in total. The van der Waals surface area contributed by atoms with Gasteiger partial charge < -0.3 is 15.8 Å².